The number of halogens is 1. The van der Waals surface area contributed by atoms with Crippen molar-refractivity contribution >= 4 is 45.9 Å². The molecule has 2 atom stereocenters. The van der Waals surface area contributed by atoms with Gasteiger partial charge in [-0.2, -0.15) is 0 Å². The fourth-order valence-electron chi connectivity index (χ4n) is 3.70. The zero-order valence-electron chi connectivity index (χ0n) is 16.2. The van der Waals surface area contributed by atoms with E-state index in [-0.39, 0.29) is 16.2 Å². The monoisotopic (exact) mass is 506 g/mol. The highest BCUT2D eigenvalue weighted by Gasteiger charge is 2.49. The van der Waals surface area contributed by atoms with Crippen molar-refractivity contribution in [1.29, 1.82) is 0 Å². The number of likely N-dealkylation sites (tertiary alicyclic amines) is 1. The Labute approximate surface area is 177 Å². The average molecular weight is 506 g/mol. The Morgan fingerprint density at radius 3 is 2.70 bits per heavy atom. The van der Waals surface area contributed by atoms with Gasteiger partial charge in [0.15, 0.2) is 5.94 Å². The van der Waals surface area contributed by atoms with Gasteiger partial charge in [0, 0.05) is 43.1 Å². The minimum Gasteiger partial charge on any atom is -0.598 e. The number of guanidine groups is 1. The minimum atomic E-state index is -1.11. The zero-order chi connectivity index (χ0) is 19.8. The average Bonchev–Trinajstić information content (AvgIpc) is 2.98. The molecule has 3 heterocycles. The van der Waals surface area contributed by atoms with Gasteiger partial charge in [-0.05, 0) is 56.2 Å². The molecule has 2 fully saturated rings. The first-order valence-electron chi connectivity index (χ1n) is 9.11. The van der Waals surface area contributed by atoms with Crippen LogP contribution >= 0.6 is 22.6 Å². The van der Waals surface area contributed by atoms with E-state index in [1.807, 2.05) is 38.7 Å². The molecule has 3 aliphatic heterocycles. The molecular weight excluding hydrogens is 479 g/mol. The Morgan fingerprint density at radius 1 is 1.44 bits per heavy atom. The van der Waals surface area contributed by atoms with Crippen molar-refractivity contribution in [2.75, 3.05) is 33.4 Å². The van der Waals surface area contributed by atoms with E-state index >= 15 is 0 Å². The third kappa shape index (κ3) is 4.23. The summed E-state index contributed by atoms with van der Waals surface area (Å²) in [5.74, 6) is 2.79. The number of nitrogens with zero attached hydrogens (tertiary/aromatic N) is 3. The van der Waals surface area contributed by atoms with E-state index < -0.39 is 11.4 Å². The minimum absolute atomic E-state index is 0.00119. The first-order valence-corrected chi connectivity index (χ1v) is 11.3. The first kappa shape index (κ1) is 21.1. The molecule has 0 aromatic rings. The van der Waals surface area contributed by atoms with Crippen molar-refractivity contribution < 1.29 is 14.1 Å². The smallest absolute Gasteiger partial charge is 0.206 e. The number of nitrogens with one attached hydrogen (secondary N) is 1. The van der Waals surface area contributed by atoms with E-state index in [1.54, 1.807) is 6.20 Å². The molecule has 27 heavy (non-hydrogen) atoms. The number of carbonyl (C=O) groups excluding carboxylic acids is 1. The van der Waals surface area contributed by atoms with Crippen molar-refractivity contribution in [2.24, 2.45) is 10.4 Å². The Kier molecular flexibility index (Phi) is 6.29. The molecule has 0 radical (unpaired) electrons. The molecule has 1 N–H and O–H groups in total. The van der Waals surface area contributed by atoms with Gasteiger partial charge in [-0.3, -0.25) is 0 Å². The summed E-state index contributed by atoms with van der Waals surface area (Å²) in [6.07, 6.45) is 3.58. The van der Waals surface area contributed by atoms with Crippen LogP contribution < -0.4 is 4.72 Å². The Hall–Kier alpha value is -0.580. The Balaban J connectivity index is 1.68. The van der Waals surface area contributed by atoms with Crippen LogP contribution in [-0.4, -0.2) is 70.4 Å². The zero-order valence-corrected chi connectivity index (χ0v) is 19.2. The van der Waals surface area contributed by atoms with Gasteiger partial charge in [0.05, 0.1) is 22.8 Å². The second-order valence-electron chi connectivity index (χ2n) is 8.33. The maximum Gasteiger partial charge on any atom is 0.206 e. The van der Waals surface area contributed by atoms with E-state index in [0.717, 1.165) is 35.5 Å². The fraction of sp³-hybridized carbons (Fsp3) is 0.722. The van der Waals surface area contributed by atoms with E-state index in [1.165, 1.54) is 0 Å². The standard InChI is InChI=1S/C18H27IN4O3S/c1-17(2,3)27(25)21-15-11-26-12-18(15)5-7-23(8-6-18)16-20-9-13(19)14(10-24)22(16)4/h9,15,21H,5-8,11-12H2,1-4H3/t15-,27-/m1/s1. The van der Waals surface area contributed by atoms with Crippen molar-refractivity contribution in [3.63, 3.8) is 0 Å². The van der Waals surface area contributed by atoms with Crippen molar-refractivity contribution in [3.8, 4) is 0 Å². The highest BCUT2D eigenvalue weighted by atomic mass is 127. The number of likely N-dealkylation sites (N-methyl/N-ethyl adjacent to an activating group) is 1. The molecular formula is C18H27IN4O3S. The maximum atomic E-state index is 12.6. The molecule has 3 rings (SSSR count). The fourth-order valence-corrected chi connectivity index (χ4v) is 5.24. The van der Waals surface area contributed by atoms with Gasteiger partial charge in [-0.15, -0.1) is 4.72 Å². The first-order chi connectivity index (χ1) is 12.7. The van der Waals surface area contributed by atoms with Crippen LogP contribution in [0.3, 0.4) is 0 Å². The van der Waals surface area contributed by atoms with Crippen molar-refractivity contribution in [2.45, 2.75) is 44.4 Å². The topological polar surface area (TPSA) is 80.2 Å². The van der Waals surface area contributed by atoms with Crippen LogP contribution in [0.1, 0.15) is 33.6 Å². The van der Waals surface area contributed by atoms with Crippen LogP contribution in [0.25, 0.3) is 0 Å². The van der Waals surface area contributed by atoms with Gasteiger partial charge in [0.25, 0.3) is 0 Å². The summed E-state index contributed by atoms with van der Waals surface area (Å²) in [6, 6.07) is 0.0945. The predicted molar refractivity (Wildman–Crippen MR) is 115 cm³/mol. The van der Waals surface area contributed by atoms with Gasteiger partial charge >= 0.3 is 0 Å². The third-order valence-corrected chi connectivity index (χ3v) is 7.91. The normalized spacial score (nSPS) is 26.7. The molecule has 1 spiro atoms. The Bertz CT molecular complexity index is 691. The number of piperidine rings is 1. The summed E-state index contributed by atoms with van der Waals surface area (Å²) in [7, 11) is 1.85. The van der Waals surface area contributed by atoms with Crippen LogP contribution in [-0.2, 0) is 20.9 Å². The van der Waals surface area contributed by atoms with Gasteiger partial charge < -0.3 is 19.1 Å². The second-order valence-corrected chi connectivity index (χ2v) is 11.5. The Morgan fingerprint density at radius 2 is 2.11 bits per heavy atom. The quantitative estimate of drug-likeness (QED) is 0.350. The number of ether oxygens (including phenoxy) is 1. The summed E-state index contributed by atoms with van der Waals surface area (Å²) < 4.78 is 22.2. The summed E-state index contributed by atoms with van der Waals surface area (Å²) in [5.41, 5.74) is 0.518. The molecule has 0 aromatic heterocycles. The molecule has 0 unspecified atom stereocenters. The van der Waals surface area contributed by atoms with Gasteiger partial charge in [0.2, 0.25) is 5.96 Å². The lowest BCUT2D eigenvalue weighted by atomic mass is 9.75. The van der Waals surface area contributed by atoms with Gasteiger partial charge in [-0.25, -0.2) is 9.79 Å². The summed E-state index contributed by atoms with van der Waals surface area (Å²) >= 11 is 0.987. The van der Waals surface area contributed by atoms with E-state index in [9.17, 15) is 9.35 Å². The summed E-state index contributed by atoms with van der Waals surface area (Å²) in [5, 5.41) is 0. The molecule has 150 valence electrons. The summed E-state index contributed by atoms with van der Waals surface area (Å²) in [6.45, 7) is 8.87. The van der Waals surface area contributed by atoms with Crippen molar-refractivity contribution in [1.82, 2.24) is 14.5 Å². The largest absolute Gasteiger partial charge is 0.598 e. The molecule has 9 heteroatoms. The lowest BCUT2D eigenvalue weighted by Crippen LogP contribution is -2.56. The highest BCUT2D eigenvalue weighted by Crippen LogP contribution is 2.41. The van der Waals surface area contributed by atoms with E-state index in [0.29, 0.717) is 18.9 Å². The number of aliphatic imine (C=N–C) groups is 1. The molecule has 0 amide bonds. The molecule has 0 aromatic carbocycles. The number of rotatable bonds is 2. The van der Waals surface area contributed by atoms with Crippen LogP contribution in [0.4, 0.5) is 0 Å². The maximum absolute atomic E-state index is 12.6. The number of hydrogen-bond acceptors (Lipinski definition) is 7. The van der Waals surface area contributed by atoms with E-state index in [2.05, 4.69) is 37.2 Å². The summed E-state index contributed by atoms with van der Waals surface area (Å²) in [4.78, 5) is 19.8. The highest BCUT2D eigenvalue weighted by molar-refractivity contribution is 14.1. The van der Waals surface area contributed by atoms with E-state index in [4.69, 9.17) is 4.74 Å². The molecule has 0 saturated carbocycles. The number of allylic oxidation sites excluding steroid dienone is 1. The number of hydrogen-bond donors (Lipinski definition) is 1. The predicted octanol–water partition coefficient (Wildman–Crippen LogP) is 1.81. The SMILES string of the molecule is CN1C(=C=O)C(I)=CN=C1N1CCC2(CC1)COC[C@H]2N[S@+]([O-])C(C)(C)C. The van der Waals surface area contributed by atoms with Crippen LogP contribution in [0.2, 0.25) is 0 Å². The molecule has 0 bridgehead atoms. The molecule has 7 nitrogen and oxygen atoms in total. The van der Waals surface area contributed by atoms with Crippen LogP contribution in [0, 0.1) is 5.41 Å². The van der Waals surface area contributed by atoms with Gasteiger partial charge in [0.1, 0.15) is 10.4 Å². The van der Waals surface area contributed by atoms with Crippen LogP contribution in [0.15, 0.2) is 20.5 Å². The lowest BCUT2D eigenvalue weighted by molar-refractivity contribution is 0.0963. The molecule has 0 aliphatic carbocycles. The second kappa shape index (κ2) is 8.04. The van der Waals surface area contributed by atoms with Crippen molar-refractivity contribution in [3.05, 3.63) is 15.5 Å². The molecule has 3 aliphatic rings. The van der Waals surface area contributed by atoms with Crippen LogP contribution in [0.5, 0.6) is 0 Å². The molecule has 2 saturated heterocycles. The van der Waals surface area contributed by atoms with Gasteiger partial charge in [-0.1, -0.05) is 0 Å². The lowest BCUT2D eigenvalue weighted by Gasteiger charge is -2.44. The third-order valence-electron chi connectivity index (χ3n) is 5.51.